The third-order valence-corrected chi connectivity index (χ3v) is 9.25. The number of imidazole rings is 1. The molecule has 0 bridgehead atoms. The maximum absolute atomic E-state index is 13.0. The Labute approximate surface area is 255 Å². The number of hydrogen-bond donors (Lipinski definition) is 1. The van der Waals surface area contributed by atoms with Crippen molar-refractivity contribution >= 4 is 43.9 Å². The van der Waals surface area contributed by atoms with Gasteiger partial charge >= 0.3 is 0 Å². The Morgan fingerprint density at radius 1 is 0.750 bits per heavy atom. The molecule has 0 unspecified atom stereocenters. The van der Waals surface area contributed by atoms with Gasteiger partial charge in [-0.25, -0.2) is 9.97 Å². The van der Waals surface area contributed by atoms with Crippen LogP contribution in [0.25, 0.3) is 55.3 Å². The van der Waals surface area contributed by atoms with E-state index in [1.54, 1.807) is 0 Å². The lowest BCUT2D eigenvalue weighted by Crippen LogP contribution is -2.21. The number of aromatic nitrogens is 5. The van der Waals surface area contributed by atoms with Crippen LogP contribution in [0.5, 0.6) is 0 Å². The van der Waals surface area contributed by atoms with Crippen molar-refractivity contribution in [2.24, 2.45) is 0 Å². The minimum atomic E-state index is -0.149. The first-order chi connectivity index (χ1) is 21.7. The van der Waals surface area contributed by atoms with Crippen LogP contribution >= 0.6 is 0 Å². The van der Waals surface area contributed by atoms with Crippen LogP contribution in [0.3, 0.4) is 0 Å². The number of fused-ring (bicyclic) bond motifs is 5. The molecule has 220 valence electrons. The highest BCUT2D eigenvalue weighted by molar-refractivity contribution is 6.09. The van der Waals surface area contributed by atoms with Gasteiger partial charge in [0, 0.05) is 46.9 Å². The average molecular weight is 581 g/mol. The number of aryl methyl sites for hydroxylation is 2. The molecule has 0 radical (unpaired) electrons. The molecule has 3 aromatic heterocycles. The topological polar surface area (TPSA) is 71.7 Å². The summed E-state index contributed by atoms with van der Waals surface area (Å²) in [6, 6.07) is 29.6. The van der Waals surface area contributed by atoms with Gasteiger partial charge < -0.3 is 19.0 Å². The van der Waals surface area contributed by atoms with Crippen LogP contribution in [0, 0.1) is 0 Å². The minimum Gasteiger partial charge on any atom is -0.341 e. The molecule has 1 aliphatic rings. The van der Waals surface area contributed by atoms with Gasteiger partial charge in [-0.15, -0.1) is 0 Å². The SMILES string of the molecule is CCn1c2ccccc2c2cc(-c3nc4cc5[nH]c(=O)c(Cc6ccccc6)nc5cc4n3CCCN3CCCC3)ccc21. The van der Waals surface area contributed by atoms with E-state index in [0.29, 0.717) is 17.6 Å². The Morgan fingerprint density at radius 2 is 1.55 bits per heavy atom. The van der Waals surface area contributed by atoms with E-state index in [2.05, 4.69) is 74.5 Å². The molecule has 0 amide bonds. The lowest BCUT2D eigenvalue weighted by molar-refractivity contribution is 0.326. The Kier molecular flexibility index (Phi) is 6.75. The molecule has 7 nitrogen and oxygen atoms in total. The number of nitrogens with one attached hydrogen (secondary N) is 1. The summed E-state index contributed by atoms with van der Waals surface area (Å²) in [6.45, 7) is 7.46. The summed E-state index contributed by atoms with van der Waals surface area (Å²) in [7, 11) is 0. The second-order valence-corrected chi connectivity index (χ2v) is 12.0. The lowest BCUT2D eigenvalue weighted by Gasteiger charge is -2.16. The molecule has 4 heterocycles. The Bertz CT molecular complexity index is 2200. The molecule has 1 fully saturated rings. The van der Waals surface area contributed by atoms with Gasteiger partial charge in [0.25, 0.3) is 5.56 Å². The van der Waals surface area contributed by atoms with Crippen LogP contribution < -0.4 is 5.56 Å². The summed E-state index contributed by atoms with van der Waals surface area (Å²) in [5.74, 6) is 0.957. The van der Waals surface area contributed by atoms with Crippen molar-refractivity contribution in [1.82, 2.24) is 29.0 Å². The average Bonchev–Trinajstić information content (AvgIpc) is 3.77. The van der Waals surface area contributed by atoms with E-state index in [1.807, 2.05) is 36.4 Å². The highest BCUT2D eigenvalue weighted by Crippen LogP contribution is 2.34. The summed E-state index contributed by atoms with van der Waals surface area (Å²) in [5.41, 5.74) is 8.48. The smallest absolute Gasteiger partial charge is 0.270 e. The molecule has 0 atom stereocenters. The van der Waals surface area contributed by atoms with Gasteiger partial charge in [-0.3, -0.25) is 4.79 Å². The zero-order valence-corrected chi connectivity index (χ0v) is 25.1. The Balaban J connectivity index is 1.27. The number of likely N-dealkylation sites (tertiary alicyclic amines) is 1. The molecule has 0 saturated carbocycles. The van der Waals surface area contributed by atoms with Gasteiger partial charge in [0.05, 0.1) is 22.1 Å². The highest BCUT2D eigenvalue weighted by atomic mass is 16.1. The van der Waals surface area contributed by atoms with Gasteiger partial charge in [0.1, 0.15) is 11.5 Å². The van der Waals surface area contributed by atoms with Crippen molar-refractivity contribution in [3.63, 3.8) is 0 Å². The first-order valence-corrected chi connectivity index (χ1v) is 15.9. The molecule has 0 spiro atoms. The normalized spacial score (nSPS) is 14.1. The monoisotopic (exact) mass is 580 g/mol. The zero-order chi connectivity index (χ0) is 29.6. The number of benzene rings is 4. The Morgan fingerprint density at radius 3 is 2.39 bits per heavy atom. The lowest BCUT2D eigenvalue weighted by atomic mass is 10.1. The van der Waals surface area contributed by atoms with Crippen molar-refractivity contribution in [2.45, 2.75) is 45.7 Å². The first kappa shape index (κ1) is 26.8. The van der Waals surface area contributed by atoms with Gasteiger partial charge in [-0.05, 0) is 87.8 Å². The second kappa shape index (κ2) is 11.1. The Hall–Kier alpha value is -4.75. The molecule has 44 heavy (non-hydrogen) atoms. The maximum atomic E-state index is 13.0. The van der Waals surface area contributed by atoms with E-state index >= 15 is 0 Å². The minimum absolute atomic E-state index is 0.149. The maximum Gasteiger partial charge on any atom is 0.270 e. The van der Waals surface area contributed by atoms with Gasteiger partial charge in [-0.1, -0.05) is 48.5 Å². The second-order valence-electron chi connectivity index (χ2n) is 12.0. The first-order valence-electron chi connectivity index (χ1n) is 15.9. The van der Waals surface area contributed by atoms with Gasteiger partial charge in [0.15, 0.2) is 0 Å². The fraction of sp³-hybridized carbons (Fsp3) is 0.270. The molecular formula is C37H36N6O. The molecule has 1 aliphatic heterocycles. The molecule has 7 aromatic rings. The number of para-hydroxylation sites is 1. The molecule has 7 heteroatoms. The number of aromatic amines is 1. The number of nitrogens with zero attached hydrogens (tertiary/aromatic N) is 5. The fourth-order valence-electron chi connectivity index (χ4n) is 7.09. The zero-order valence-electron chi connectivity index (χ0n) is 25.1. The van der Waals surface area contributed by atoms with Crippen molar-refractivity contribution < 1.29 is 0 Å². The summed E-state index contributed by atoms with van der Waals surface area (Å²) in [6.07, 6.45) is 4.14. The van der Waals surface area contributed by atoms with E-state index < -0.39 is 0 Å². The van der Waals surface area contributed by atoms with E-state index in [4.69, 9.17) is 9.97 Å². The fourth-order valence-corrected chi connectivity index (χ4v) is 7.09. The molecular weight excluding hydrogens is 544 g/mol. The molecule has 1 saturated heterocycles. The largest absolute Gasteiger partial charge is 0.341 e. The summed E-state index contributed by atoms with van der Waals surface area (Å²) < 4.78 is 4.75. The standard InChI is InChI=1S/C37H36N6O/c1-2-42-33-14-7-6-13-27(33)28-22-26(15-16-34(28)42)36-39-31-23-29-30(24-35(31)43(36)20-10-19-41-17-8-9-18-41)38-32(37(44)40-29)21-25-11-4-3-5-12-25/h3-7,11-16,22-24H,2,8-10,17-21H2,1H3,(H,40,44). The predicted molar refractivity (Wildman–Crippen MR) is 179 cm³/mol. The van der Waals surface area contributed by atoms with E-state index in [0.717, 1.165) is 59.6 Å². The molecule has 8 rings (SSSR count). The van der Waals surface area contributed by atoms with Crippen molar-refractivity contribution in [1.29, 1.82) is 0 Å². The summed E-state index contributed by atoms with van der Waals surface area (Å²) >= 11 is 0. The van der Waals surface area contributed by atoms with Crippen molar-refractivity contribution in [3.05, 3.63) is 107 Å². The van der Waals surface area contributed by atoms with E-state index in [9.17, 15) is 4.79 Å². The number of rotatable bonds is 8. The quantitative estimate of drug-likeness (QED) is 0.207. The van der Waals surface area contributed by atoms with Crippen LogP contribution in [0.4, 0.5) is 0 Å². The van der Waals surface area contributed by atoms with Crippen LogP contribution in [0.15, 0.2) is 89.7 Å². The van der Waals surface area contributed by atoms with Gasteiger partial charge in [0.2, 0.25) is 0 Å². The number of hydrogen-bond acceptors (Lipinski definition) is 4. The van der Waals surface area contributed by atoms with Crippen LogP contribution in [-0.4, -0.2) is 48.6 Å². The highest BCUT2D eigenvalue weighted by Gasteiger charge is 2.19. The van der Waals surface area contributed by atoms with E-state index in [-0.39, 0.29) is 5.56 Å². The van der Waals surface area contributed by atoms with E-state index in [1.165, 1.54) is 47.7 Å². The van der Waals surface area contributed by atoms with Crippen molar-refractivity contribution in [3.8, 4) is 11.4 Å². The molecule has 1 N–H and O–H groups in total. The van der Waals surface area contributed by atoms with Gasteiger partial charge in [-0.2, -0.15) is 0 Å². The number of H-pyrrole nitrogens is 1. The summed E-state index contributed by atoms with van der Waals surface area (Å²) in [4.78, 5) is 28.8. The molecule has 4 aromatic carbocycles. The third kappa shape index (κ3) is 4.68. The predicted octanol–water partition coefficient (Wildman–Crippen LogP) is 7.14. The molecule has 0 aliphatic carbocycles. The third-order valence-electron chi connectivity index (χ3n) is 9.25. The van der Waals surface area contributed by atoms with Crippen LogP contribution in [-0.2, 0) is 19.5 Å². The van der Waals surface area contributed by atoms with Crippen LogP contribution in [0.1, 0.15) is 37.4 Å². The van der Waals surface area contributed by atoms with Crippen molar-refractivity contribution in [2.75, 3.05) is 19.6 Å². The van der Waals surface area contributed by atoms with Crippen LogP contribution in [0.2, 0.25) is 0 Å². The summed E-state index contributed by atoms with van der Waals surface area (Å²) in [5, 5.41) is 2.51.